The molecule has 0 aromatic carbocycles. The van der Waals surface area contributed by atoms with Crippen molar-refractivity contribution in [2.24, 2.45) is 0 Å². The van der Waals surface area contributed by atoms with Crippen LogP contribution >= 0.6 is 0 Å². The molecule has 0 bridgehead atoms. The van der Waals surface area contributed by atoms with Crippen molar-refractivity contribution in [3.63, 3.8) is 0 Å². The van der Waals surface area contributed by atoms with Gasteiger partial charge in [-0.25, -0.2) is 9.50 Å². The SMILES string of the molecule is Cc1nc2cc(=O)[nH]n2c(C)c1CCC(=O)NC1CC(C)OC(C)C1. The molecule has 7 heteroatoms. The Morgan fingerprint density at radius 2 is 2.04 bits per heavy atom. The number of aromatic amines is 1. The zero-order valence-electron chi connectivity index (χ0n) is 15.3. The molecule has 2 aromatic heterocycles. The van der Waals surface area contributed by atoms with E-state index in [1.165, 1.54) is 6.07 Å². The van der Waals surface area contributed by atoms with Crippen molar-refractivity contribution in [3.8, 4) is 0 Å². The van der Waals surface area contributed by atoms with E-state index in [2.05, 4.69) is 15.4 Å². The predicted octanol–water partition coefficient (Wildman–Crippen LogP) is 1.64. The highest BCUT2D eigenvalue weighted by Gasteiger charge is 2.25. The lowest BCUT2D eigenvalue weighted by Gasteiger charge is -2.32. The number of nitrogens with one attached hydrogen (secondary N) is 2. The molecule has 25 heavy (non-hydrogen) atoms. The van der Waals surface area contributed by atoms with Gasteiger partial charge in [-0.1, -0.05) is 0 Å². The minimum absolute atomic E-state index is 0.0474. The maximum atomic E-state index is 12.4. The molecule has 2 unspecified atom stereocenters. The van der Waals surface area contributed by atoms with Crippen molar-refractivity contribution in [2.75, 3.05) is 0 Å². The molecule has 1 fully saturated rings. The van der Waals surface area contributed by atoms with Crippen LogP contribution in [0, 0.1) is 13.8 Å². The fourth-order valence-electron chi connectivity index (χ4n) is 3.78. The molecule has 1 saturated heterocycles. The average Bonchev–Trinajstić information content (AvgIpc) is 2.86. The summed E-state index contributed by atoms with van der Waals surface area (Å²) in [5, 5.41) is 5.87. The van der Waals surface area contributed by atoms with Crippen LogP contribution in [0.4, 0.5) is 0 Å². The Labute approximate surface area is 146 Å². The van der Waals surface area contributed by atoms with E-state index in [0.717, 1.165) is 29.8 Å². The van der Waals surface area contributed by atoms with Crippen LogP contribution in [0.3, 0.4) is 0 Å². The molecule has 3 rings (SSSR count). The van der Waals surface area contributed by atoms with Gasteiger partial charge in [-0.15, -0.1) is 0 Å². The molecule has 1 aliphatic heterocycles. The third-order valence-electron chi connectivity index (χ3n) is 4.87. The quantitative estimate of drug-likeness (QED) is 0.881. The molecular weight excluding hydrogens is 320 g/mol. The maximum Gasteiger partial charge on any atom is 0.266 e. The number of carbonyl (C=O) groups excluding carboxylic acids is 1. The second-order valence-corrected chi connectivity index (χ2v) is 7.07. The summed E-state index contributed by atoms with van der Waals surface area (Å²) < 4.78 is 7.40. The van der Waals surface area contributed by atoms with Crippen molar-refractivity contribution in [2.45, 2.75) is 71.6 Å². The van der Waals surface area contributed by atoms with Crippen LogP contribution in [0.15, 0.2) is 10.9 Å². The Hall–Kier alpha value is -2.15. The number of H-pyrrole nitrogens is 1. The maximum absolute atomic E-state index is 12.4. The van der Waals surface area contributed by atoms with Crippen LogP contribution in [-0.2, 0) is 16.0 Å². The van der Waals surface area contributed by atoms with Crippen LogP contribution in [-0.4, -0.2) is 38.8 Å². The van der Waals surface area contributed by atoms with Crippen molar-refractivity contribution in [1.29, 1.82) is 0 Å². The summed E-state index contributed by atoms with van der Waals surface area (Å²) in [4.78, 5) is 28.3. The monoisotopic (exact) mass is 346 g/mol. The summed E-state index contributed by atoms with van der Waals surface area (Å²) in [6.45, 7) is 7.94. The van der Waals surface area contributed by atoms with E-state index in [9.17, 15) is 9.59 Å². The molecule has 7 nitrogen and oxygen atoms in total. The number of rotatable bonds is 4. The van der Waals surface area contributed by atoms with E-state index >= 15 is 0 Å². The molecule has 0 aliphatic carbocycles. The van der Waals surface area contributed by atoms with Crippen LogP contribution in [0.1, 0.15) is 50.1 Å². The van der Waals surface area contributed by atoms with Crippen LogP contribution in [0.25, 0.3) is 5.65 Å². The summed E-state index contributed by atoms with van der Waals surface area (Å²) in [5.74, 6) is 0.0474. The van der Waals surface area contributed by atoms with Crippen molar-refractivity contribution in [3.05, 3.63) is 33.4 Å². The van der Waals surface area contributed by atoms with Crippen molar-refractivity contribution < 1.29 is 9.53 Å². The van der Waals surface area contributed by atoms with Crippen molar-refractivity contribution >= 4 is 11.6 Å². The molecule has 2 aromatic rings. The summed E-state index contributed by atoms with van der Waals surface area (Å²) in [6, 6.07) is 1.65. The highest BCUT2D eigenvalue weighted by molar-refractivity contribution is 5.76. The number of fused-ring (bicyclic) bond motifs is 1. The molecule has 0 radical (unpaired) electrons. The minimum Gasteiger partial charge on any atom is -0.375 e. The van der Waals surface area contributed by atoms with Gasteiger partial charge in [0.25, 0.3) is 5.56 Å². The van der Waals surface area contributed by atoms with Gasteiger partial charge in [-0.3, -0.25) is 14.7 Å². The topological polar surface area (TPSA) is 88.5 Å². The lowest BCUT2D eigenvalue weighted by atomic mass is 9.99. The zero-order chi connectivity index (χ0) is 18.1. The van der Waals surface area contributed by atoms with Gasteiger partial charge in [0.1, 0.15) is 0 Å². The molecule has 2 atom stereocenters. The van der Waals surface area contributed by atoms with E-state index in [1.807, 2.05) is 27.7 Å². The van der Waals surface area contributed by atoms with E-state index in [1.54, 1.807) is 4.52 Å². The van der Waals surface area contributed by atoms with Gasteiger partial charge in [0.2, 0.25) is 5.91 Å². The van der Waals surface area contributed by atoms with Gasteiger partial charge in [-0.2, -0.15) is 0 Å². The molecule has 1 amide bonds. The number of carbonyl (C=O) groups is 1. The van der Waals surface area contributed by atoms with Crippen LogP contribution in [0.2, 0.25) is 0 Å². The number of hydrogen-bond donors (Lipinski definition) is 2. The van der Waals surface area contributed by atoms with Gasteiger partial charge in [-0.05, 0) is 52.5 Å². The van der Waals surface area contributed by atoms with Gasteiger partial charge in [0.15, 0.2) is 5.65 Å². The third-order valence-corrected chi connectivity index (χ3v) is 4.87. The third kappa shape index (κ3) is 3.92. The number of aromatic nitrogens is 3. The Balaban J connectivity index is 1.66. The normalized spacial score (nSPS) is 23.8. The molecule has 1 aliphatic rings. The summed E-state index contributed by atoms with van der Waals surface area (Å²) >= 11 is 0. The fraction of sp³-hybridized carbons (Fsp3) is 0.611. The molecule has 0 saturated carbocycles. The first-order chi connectivity index (χ1) is 11.8. The second kappa shape index (κ2) is 7.00. The Kier molecular flexibility index (Phi) is 4.94. The molecule has 0 spiro atoms. The first-order valence-electron chi connectivity index (χ1n) is 8.86. The fourth-order valence-corrected chi connectivity index (χ4v) is 3.78. The summed E-state index contributed by atoms with van der Waals surface area (Å²) in [5.41, 5.74) is 3.22. The van der Waals surface area contributed by atoms with Crippen LogP contribution in [0.5, 0.6) is 0 Å². The number of amides is 1. The summed E-state index contributed by atoms with van der Waals surface area (Å²) in [7, 11) is 0. The van der Waals surface area contributed by atoms with Gasteiger partial charge < -0.3 is 10.1 Å². The van der Waals surface area contributed by atoms with E-state index in [-0.39, 0.29) is 29.7 Å². The first kappa shape index (κ1) is 17.7. The summed E-state index contributed by atoms with van der Waals surface area (Å²) in [6.07, 6.45) is 3.06. The Morgan fingerprint density at radius 3 is 2.72 bits per heavy atom. The number of aryl methyl sites for hydroxylation is 2. The standard InChI is InChI=1S/C18H26N4O3/c1-10-7-14(8-11(2)25-10)20-17(23)6-5-15-12(3)19-16-9-18(24)21-22(16)13(15)4/h9-11,14H,5-8H2,1-4H3,(H,20,23)(H,21,24). The highest BCUT2D eigenvalue weighted by atomic mass is 16.5. The zero-order valence-corrected chi connectivity index (χ0v) is 15.3. The van der Waals surface area contributed by atoms with Gasteiger partial charge >= 0.3 is 0 Å². The highest BCUT2D eigenvalue weighted by Crippen LogP contribution is 2.19. The molecular formula is C18H26N4O3. The second-order valence-electron chi connectivity index (χ2n) is 7.07. The largest absolute Gasteiger partial charge is 0.375 e. The molecule has 136 valence electrons. The van der Waals surface area contributed by atoms with E-state index in [4.69, 9.17) is 4.74 Å². The lowest BCUT2D eigenvalue weighted by Crippen LogP contribution is -2.44. The first-order valence-corrected chi connectivity index (χ1v) is 8.86. The van der Waals surface area contributed by atoms with Gasteiger partial charge in [0.05, 0.1) is 12.2 Å². The predicted molar refractivity (Wildman–Crippen MR) is 94.8 cm³/mol. The average molecular weight is 346 g/mol. The van der Waals surface area contributed by atoms with Crippen LogP contribution < -0.4 is 10.9 Å². The van der Waals surface area contributed by atoms with E-state index in [0.29, 0.717) is 18.5 Å². The van der Waals surface area contributed by atoms with Crippen molar-refractivity contribution in [1.82, 2.24) is 19.9 Å². The lowest BCUT2D eigenvalue weighted by molar-refractivity contribution is -0.123. The minimum atomic E-state index is -0.173. The molecule has 2 N–H and O–H groups in total. The Morgan fingerprint density at radius 1 is 1.36 bits per heavy atom. The van der Waals surface area contributed by atoms with E-state index < -0.39 is 0 Å². The smallest absolute Gasteiger partial charge is 0.266 e. The van der Waals surface area contributed by atoms with Gasteiger partial charge in [0, 0.05) is 29.9 Å². The number of hydrogen-bond acceptors (Lipinski definition) is 4. The molecule has 3 heterocycles. The number of ether oxygens (including phenoxy) is 1. The Bertz CT molecular complexity index is 829. The number of nitrogens with zero attached hydrogens (tertiary/aromatic N) is 2.